The van der Waals surface area contributed by atoms with Gasteiger partial charge in [-0.05, 0) is 30.7 Å². The molecule has 2 heterocycles. The van der Waals surface area contributed by atoms with E-state index < -0.39 is 0 Å². The average Bonchev–Trinajstić information content (AvgIpc) is 2.92. The minimum Gasteiger partial charge on any atom is -0.327 e. The van der Waals surface area contributed by atoms with Gasteiger partial charge in [-0.1, -0.05) is 6.92 Å². The summed E-state index contributed by atoms with van der Waals surface area (Å²) in [5.41, 5.74) is 8.60. The zero-order valence-electron chi connectivity index (χ0n) is 9.90. The van der Waals surface area contributed by atoms with Gasteiger partial charge in [-0.15, -0.1) is 22.7 Å². The van der Waals surface area contributed by atoms with Crippen molar-refractivity contribution < 1.29 is 0 Å². The SMILES string of the molecule is CCC(N)Cc1nc2c(s1)CCc1sccc1-2. The van der Waals surface area contributed by atoms with Gasteiger partial charge in [0.25, 0.3) is 0 Å². The van der Waals surface area contributed by atoms with Crippen LogP contribution in [0.15, 0.2) is 11.4 Å². The van der Waals surface area contributed by atoms with E-state index in [0.717, 1.165) is 19.3 Å². The molecule has 0 radical (unpaired) electrons. The predicted octanol–water partition coefficient (Wildman–Crippen LogP) is 3.25. The quantitative estimate of drug-likeness (QED) is 0.924. The number of aromatic nitrogens is 1. The Morgan fingerprint density at radius 3 is 3.06 bits per heavy atom. The van der Waals surface area contributed by atoms with E-state index in [1.807, 2.05) is 22.7 Å². The molecule has 2 nitrogen and oxygen atoms in total. The highest BCUT2D eigenvalue weighted by Crippen LogP contribution is 2.38. The fourth-order valence-electron chi connectivity index (χ4n) is 2.21. The lowest BCUT2D eigenvalue weighted by atomic mass is 10.0. The van der Waals surface area contributed by atoms with Crippen LogP contribution in [0.5, 0.6) is 0 Å². The van der Waals surface area contributed by atoms with Crippen LogP contribution in [0.25, 0.3) is 11.3 Å². The minimum absolute atomic E-state index is 0.254. The summed E-state index contributed by atoms with van der Waals surface area (Å²) >= 11 is 3.72. The highest BCUT2D eigenvalue weighted by molar-refractivity contribution is 7.12. The molecule has 0 fully saturated rings. The summed E-state index contributed by atoms with van der Waals surface area (Å²) in [6.07, 6.45) is 4.28. The maximum atomic E-state index is 6.01. The molecular formula is C13H16N2S2. The molecule has 3 rings (SSSR count). The highest BCUT2D eigenvalue weighted by atomic mass is 32.1. The zero-order chi connectivity index (χ0) is 11.8. The molecule has 0 saturated carbocycles. The summed E-state index contributed by atoms with van der Waals surface area (Å²) in [7, 11) is 0. The van der Waals surface area contributed by atoms with Gasteiger partial charge in [0.15, 0.2) is 0 Å². The van der Waals surface area contributed by atoms with Crippen molar-refractivity contribution in [2.45, 2.75) is 38.6 Å². The Labute approximate surface area is 110 Å². The van der Waals surface area contributed by atoms with Crippen LogP contribution in [0, 0.1) is 0 Å². The molecule has 1 atom stereocenters. The standard InChI is InChI=1S/C13H16N2S2/c1-2-8(14)7-12-15-13-9-5-6-16-10(9)3-4-11(13)17-12/h5-6,8H,2-4,7,14H2,1H3. The van der Waals surface area contributed by atoms with E-state index in [1.165, 1.54) is 32.4 Å². The first kappa shape index (κ1) is 11.4. The molecular weight excluding hydrogens is 248 g/mol. The molecule has 17 heavy (non-hydrogen) atoms. The number of nitrogens with zero attached hydrogens (tertiary/aromatic N) is 1. The predicted molar refractivity (Wildman–Crippen MR) is 74.8 cm³/mol. The van der Waals surface area contributed by atoms with Crippen LogP contribution in [-0.2, 0) is 19.3 Å². The molecule has 0 amide bonds. The molecule has 0 saturated heterocycles. The van der Waals surface area contributed by atoms with Crippen LogP contribution < -0.4 is 5.73 Å². The Hall–Kier alpha value is -0.710. The number of fused-ring (bicyclic) bond motifs is 3. The summed E-state index contributed by atoms with van der Waals surface area (Å²) in [4.78, 5) is 7.74. The number of rotatable bonds is 3. The van der Waals surface area contributed by atoms with Crippen molar-refractivity contribution in [2.75, 3.05) is 0 Å². The van der Waals surface area contributed by atoms with E-state index in [2.05, 4.69) is 18.4 Å². The number of nitrogens with two attached hydrogens (primary N) is 1. The molecule has 0 spiro atoms. The monoisotopic (exact) mass is 264 g/mol. The van der Waals surface area contributed by atoms with Gasteiger partial charge in [-0.2, -0.15) is 0 Å². The number of thiazole rings is 1. The Bertz CT molecular complexity index is 527. The van der Waals surface area contributed by atoms with Crippen molar-refractivity contribution in [3.8, 4) is 11.3 Å². The van der Waals surface area contributed by atoms with Crippen LogP contribution in [0.3, 0.4) is 0 Å². The summed E-state index contributed by atoms with van der Waals surface area (Å²) in [5, 5.41) is 3.39. The van der Waals surface area contributed by atoms with Gasteiger partial charge in [0.2, 0.25) is 0 Å². The van der Waals surface area contributed by atoms with Crippen molar-refractivity contribution in [2.24, 2.45) is 5.73 Å². The average molecular weight is 264 g/mol. The van der Waals surface area contributed by atoms with Gasteiger partial charge < -0.3 is 5.73 Å². The van der Waals surface area contributed by atoms with Crippen molar-refractivity contribution in [1.82, 2.24) is 4.98 Å². The number of hydrogen-bond donors (Lipinski definition) is 1. The molecule has 2 aromatic heterocycles. The molecule has 2 aromatic rings. The first-order valence-electron chi connectivity index (χ1n) is 6.08. The van der Waals surface area contributed by atoms with E-state index in [4.69, 9.17) is 10.7 Å². The van der Waals surface area contributed by atoms with Crippen LogP contribution in [0.1, 0.15) is 28.1 Å². The lowest BCUT2D eigenvalue weighted by Crippen LogP contribution is -2.21. The van der Waals surface area contributed by atoms with Crippen LogP contribution in [-0.4, -0.2) is 11.0 Å². The van der Waals surface area contributed by atoms with E-state index in [0.29, 0.717) is 0 Å². The molecule has 90 valence electrons. The van der Waals surface area contributed by atoms with Gasteiger partial charge in [0.1, 0.15) is 0 Å². The van der Waals surface area contributed by atoms with Crippen LogP contribution in [0.2, 0.25) is 0 Å². The molecule has 2 N–H and O–H groups in total. The maximum Gasteiger partial charge on any atom is 0.0950 e. The molecule has 0 bridgehead atoms. The first-order valence-corrected chi connectivity index (χ1v) is 7.78. The molecule has 1 aliphatic carbocycles. The third-order valence-corrected chi connectivity index (χ3v) is 5.40. The zero-order valence-corrected chi connectivity index (χ0v) is 11.5. The Balaban J connectivity index is 1.94. The Kier molecular flexibility index (Phi) is 3.03. The Morgan fingerprint density at radius 2 is 2.24 bits per heavy atom. The van der Waals surface area contributed by atoms with Crippen molar-refractivity contribution in [3.63, 3.8) is 0 Å². The number of hydrogen-bond acceptors (Lipinski definition) is 4. The number of thiophene rings is 1. The van der Waals surface area contributed by atoms with Crippen LogP contribution in [0.4, 0.5) is 0 Å². The lowest BCUT2D eigenvalue weighted by molar-refractivity contribution is 0.644. The second kappa shape index (κ2) is 4.52. The van der Waals surface area contributed by atoms with Crippen molar-refractivity contribution in [1.29, 1.82) is 0 Å². The summed E-state index contributed by atoms with van der Waals surface area (Å²) in [6.45, 7) is 2.13. The van der Waals surface area contributed by atoms with E-state index in [9.17, 15) is 0 Å². The second-order valence-corrected chi connectivity index (χ2v) is 6.68. The number of aryl methyl sites for hydroxylation is 2. The van der Waals surface area contributed by atoms with Crippen molar-refractivity contribution in [3.05, 3.63) is 26.2 Å². The third-order valence-electron chi connectivity index (χ3n) is 3.28. The summed E-state index contributed by atoms with van der Waals surface area (Å²) < 4.78 is 0. The lowest BCUT2D eigenvalue weighted by Gasteiger charge is -2.09. The van der Waals surface area contributed by atoms with Crippen LogP contribution >= 0.6 is 22.7 Å². The topological polar surface area (TPSA) is 38.9 Å². The highest BCUT2D eigenvalue weighted by Gasteiger charge is 2.21. The van der Waals surface area contributed by atoms with Gasteiger partial charge in [0.05, 0.1) is 10.7 Å². The maximum absolute atomic E-state index is 6.01. The normalized spacial score (nSPS) is 15.4. The molecule has 1 unspecified atom stereocenters. The largest absolute Gasteiger partial charge is 0.327 e. The molecule has 4 heteroatoms. The van der Waals surface area contributed by atoms with Crippen molar-refractivity contribution >= 4 is 22.7 Å². The van der Waals surface area contributed by atoms with Gasteiger partial charge >= 0.3 is 0 Å². The van der Waals surface area contributed by atoms with E-state index in [-0.39, 0.29) is 6.04 Å². The molecule has 1 aliphatic rings. The van der Waals surface area contributed by atoms with Gasteiger partial charge in [-0.3, -0.25) is 0 Å². The second-order valence-electron chi connectivity index (χ2n) is 4.51. The summed E-state index contributed by atoms with van der Waals surface area (Å²) in [6, 6.07) is 2.46. The van der Waals surface area contributed by atoms with E-state index in [1.54, 1.807) is 0 Å². The first-order chi connectivity index (χ1) is 8.28. The molecule has 0 aromatic carbocycles. The fraction of sp³-hybridized carbons (Fsp3) is 0.462. The summed E-state index contributed by atoms with van der Waals surface area (Å²) in [5.74, 6) is 0. The third kappa shape index (κ3) is 2.05. The van der Waals surface area contributed by atoms with Gasteiger partial charge in [-0.25, -0.2) is 4.98 Å². The van der Waals surface area contributed by atoms with E-state index >= 15 is 0 Å². The Morgan fingerprint density at radius 1 is 1.41 bits per heavy atom. The van der Waals surface area contributed by atoms with Gasteiger partial charge in [0, 0.05) is 27.8 Å². The minimum atomic E-state index is 0.254. The molecule has 0 aliphatic heterocycles. The smallest absolute Gasteiger partial charge is 0.0950 e. The fourth-order valence-corrected chi connectivity index (χ4v) is 4.26.